The number of nitrogens with zero attached hydrogens (tertiary/aromatic N) is 4. The maximum Gasteiger partial charge on any atom is 0.243 e. The summed E-state index contributed by atoms with van der Waals surface area (Å²) in [5.74, 6) is 6.74. The fourth-order valence-corrected chi connectivity index (χ4v) is 1.83. The minimum Gasteiger partial charge on any atom is -0.348 e. The predicted octanol–water partition coefficient (Wildman–Crippen LogP) is 1.70. The molecule has 7 heteroatoms. The average Bonchev–Trinajstić information content (AvgIpc) is 2.47. The number of anilines is 3. The molecule has 0 amide bonds. The maximum absolute atomic E-state index is 5.40. The summed E-state index contributed by atoms with van der Waals surface area (Å²) in [6.07, 6.45) is 0. The number of nitrogens with two attached hydrogens (primary N) is 1. The largest absolute Gasteiger partial charge is 0.348 e. The van der Waals surface area contributed by atoms with Crippen LogP contribution in [0.5, 0.6) is 0 Å². The van der Waals surface area contributed by atoms with Crippen LogP contribution in [0, 0.1) is 6.92 Å². The van der Waals surface area contributed by atoms with Crippen LogP contribution < -0.4 is 21.5 Å². The van der Waals surface area contributed by atoms with Crippen molar-refractivity contribution in [3.8, 4) is 0 Å². The number of aromatic nitrogens is 3. The zero-order valence-electron chi connectivity index (χ0n) is 12.8. The third kappa shape index (κ3) is 3.79. The monoisotopic (exact) mass is 287 g/mol. The lowest BCUT2D eigenvalue weighted by molar-refractivity contribution is 0.847. The van der Waals surface area contributed by atoms with Gasteiger partial charge in [0, 0.05) is 14.1 Å². The Morgan fingerprint density at radius 3 is 2.24 bits per heavy atom. The molecule has 0 aliphatic heterocycles. The highest BCUT2D eigenvalue weighted by molar-refractivity contribution is 5.43. The van der Waals surface area contributed by atoms with Gasteiger partial charge in [0.15, 0.2) is 0 Å². The second kappa shape index (κ2) is 6.36. The summed E-state index contributed by atoms with van der Waals surface area (Å²) < 4.78 is 0. The van der Waals surface area contributed by atoms with E-state index in [2.05, 4.69) is 63.8 Å². The summed E-state index contributed by atoms with van der Waals surface area (Å²) >= 11 is 0. The molecule has 0 bridgehead atoms. The quantitative estimate of drug-likeness (QED) is 0.569. The zero-order chi connectivity index (χ0) is 15.4. The molecule has 2 rings (SSSR count). The van der Waals surface area contributed by atoms with Gasteiger partial charge in [-0.05, 0) is 19.4 Å². The molecule has 7 nitrogen and oxygen atoms in total. The van der Waals surface area contributed by atoms with Crippen molar-refractivity contribution in [1.29, 1.82) is 0 Å². The standard InChI is InChI=1S/C14H21N7/c1-9-5-7-11(8-6-9)10(2)16-12-17-13(20-15)19-14(18-12)21(3)4/h5-8,10H,15H2,1-4H3,(H2,16,17,18,19,20). The molecule has 0 aliphatic rings. The zero-order valence-corrected chi connectivity index (χ0v) is 12.8. The molecule has 0 spiro atoms. The van der Waals surface area contributed by atoms with Gasteiger partial charge in [0.25, 0.3) is 0 Å². The second-order valence-electron chi connectivity index (χ2n) is 5.10. The van der Waals surface area contributed by atoms with Crippen LogP contribution in [0.3, 0.4) is 0 Å². The Labute approximate surface area is 124 Å². The van der Waals surface area contributed by atoms with Gasteiger partial charge < -0.3 is 10.2 Å². The van der Waals surface area contributed by atoms with Crippen molar-refractivity contribution in [3.05, 3.63) is 35.4 Å². The van der Waals surface area contributed by atoms with Gasteiger partial charge in [0.05, 0.1) is 6.04 Å². The Bertz CT molecular complexity index is 595. The first kappa shape index (κ1) is 15.0. The van der Waals surface area contributed by atoms with Gasteiger partial charge >= 0.3 is 0 Å². The molecule has 1 unspecified atom stereocenters. The molecular formula is C14H21N7. The van der Waals surface area contributed by atoms with Gasteiger partial charge in [-0.3, -0.25) is 5.43 Å². The minimum absolute atomic E-state index is 0.0774. The van der Waals surface area contributed by atoms with E-state index < -0.39 is 0 Å². The molecule has 0 fully saturated rings. The van der Waals surface area contributed by atoms with E-state index in [9.17, 15) is 0 Å². The second-order valence-corrected chi connectivity index (χ2v) is 5.10. The van der Waals surface area contributed by atoms with Crippen molar-refractivity contribution < 1.29 is 0 Å². The molecule has 1 aromatic heterocycles. The van der Waals surface area contributed by atoms with Crippen molar-refractivity contribution in [3.63, 3.8) is 0 Å². The number of hydrazine groups is 1. The number of benzene rings is 1. The van der Waals surface area contributed by atoms with Gasteiger partial charge in [-0.25, -0.2) is 5.84 Å². The van der Waals surface area contributed by atoms with E-state index in [1.165, 1.54) is 5.56 Å². The Morgan fingerprint density at radius 2 is 1.67 bits per heavy atom. The highest BCUT2D eigenvalue weighted by Crippen LogP contribution is 2.19. The van der Waals surface area contributed by atoms with Crippen LogP contribution >= 0.6 is 0 Å². The molecule has 0 aliphatic carbocycles. The molecular weight excluding hydrogens is 266 g/mol. The lowest BCUT2D eigenvalue weighted by Crippen LogP contribution is -2.19. The molecule has 21 heavy (non-hydrogen) atoms. The van der Waals surface area contributed by atoms with E-state index in [4.69, 9.17) is 5.84 Å². The van der Waals surface area contributed by atoms with Crippen LogP contribution in [0.25, 0.3) is 0 Å². The normalized spacial score (nSPS) is 11.9. The fraction of sp³-hybridized carbons (Fsp3) is 0.357. The third-order valence-corrected chi connectivity index (χ3v) is 3.08. The first-order valence-corrected chi connectivity index (χ1v) is 6.72. The van der Waals surface area contributed by atoms with Crippen LogP contribution in [-0.4, -0.2) is 29.0 Å². The van der Waals surface area contributed by atoms with Gasteiger partial charge in [0.1, 0.15) is 0 Å². The fourth-order valence-electron chi connectivity index (χ4n) is 1.83. The van der Waals surface area contributed by atoms with E-state index in [1.54, 1.807) is 4.90 Å². The first-order chi connectivity index (χ1) is 9.99. The topological polar surface area (TPSA) is 92.0 Å². The molecule has 112 valence electrons. The number of hydrogen-bond acceptors (Lipinski definition) is 7. The lowest BCUT2D eigenvalue weighted by atomic mass is 10.1. The van der Waals surface area contributed by atoms with Gasteiger partial charge in [0.2, 0.25) is 17.8 Å². The number of rotatable bonds is 5. The van der Waals surface area contributed by atoms with Crippen LogP contribution in [0.4, 0.5) is 17.8 Å². The number of nitrogens with one attached hydrogen (secondary N) is 2. The lowest BCUT2D eigenvalue weighted by Gasteiger charge is -2.17. The molecule has 0 radical (unpaired) electrons. The summed E-state index contributed by atoms with van der Waals surface area (Å²) in [6, 6.07) is 8.42. The van der Waals surface area contributed by atoms with E-state index in [1.807, 2.05) is 14.1 Å². The van der Waals surface area contributed by atoms with E-state index in [-0.39, 0.29) is 6.04 Å². The Kier molecular flexibility index (Phi) is 4.54. The molecule has 1 heterocycles. The summed E-state index contributed by atoms with van der Waals surface area (Å²) in [6.45, 7) is 4.12. The Morgan fingerprint density at radius 1 is 1.05 bits per heavy atom. The molecule has 1 atom stereocenters. The highest BCUT2D eigenvalue weighted by Gasteiger charge is 2.11. The van der Waals surface area contributed by atoms with E-state index in [0.717, 1.165) is 5.56 Å². The SMILES string of the molecule is Cc1ccc(C(C)Nc2nc(NN)nc(N(C)C)n2)cc1. The van der Waals surface area contributed by atoms with Gasteiger partial charge in [-0.2, -0.15) is 15.0 Å². The third-order valence-electron chi connectivity index (χ3n) is 3.08. The van der Waals surface area contributed by atoms with Crippen LogP contribution in [-0.2, 0) is 0 Å². The van der Waals surface area contributed by atoms with Gasteiger partial charge in [-0.15, -0.1) is 0 Å². The minimum atomic E-state index is 0.0774. The maximum atomic E-state index is 5.40. The van der Waals surface area contributed by atoms with Crippen molar-refractivity contribution in [1.82, 2.24) is 15.0 Å². The number of hydrogen-bond donors (Lipinski definition) is 3. The predicted molar refractivity (Wildman–Crippen MR) is 85.2 cm³/mol. The van der Waals surface area contributed by atoms with E-state index >= 15 is 0 Å². The summed E-state index contributed by atoms with van der Waals surface area (Å²) in [5, 5.41) is 3.26. The molecule has 0 saturated carbocycles. The van der Waals surface area contributed by atoms with E-state index in [0.29, 0.717) is 17.8 Å². The summed E-state index contributed by atoms with van der Waals surface area (Å²) in [5.41, 5.74) is 4.85. The average molecular weight is 287 g/mol. The summed E-state index contributed by atoms with van der Waals surface area (Å²) in [4.78, 5) is 14.5. The van der Waals surface area contributed by atoms with Gasteiger partial charge in [-0.1, -0.05) is 29.8 Å². The molecule has 2 aromatic rings. The van der Waals surface area contributed by atoms with Crippen molar-refractivity contribution >= 4 is 17.8 Å². The molecule has 4 N–H and O–H groups in total. The van der Waals surface area contributed by atoms with Crippen LogP contribution in [0.15, 0.2) is 24.3 Å². The first-order valence-electron chi connectivity index (χ1n) is 6.72. The molecule has 0 saturated heterocycles. The number of aryl methyl sites for hydroxylation is 1. The Balaban J connectivity index is 2.21. The molecule has 1 aromatic carbocycles. The van der Waals surface area contributed by atoms with Crippen molar-refractivity contribution in [2.45, 2.75) is 19.9 Å². The summed E-state index contributed by atoms with van der Waals surface area (Å²) in [7, 11) is 3.73. The smallest absolute Gasteiger partial charge is 0.243 e. The highest BCUT2D eigenvalue weighted by atomic mass is 15.4. The van der Waals surface area contributed by atoms with Crippen LogP contribution in [0.2, 0.25) is 0 Å². The van der Waals surface area contributed by atoms with Crippen LogP contribution in [0.1, 0.15) is 24.1 Å². The number of nitrogen functional groups attached to an aromatic ring is 1. The van der Waals surface area contributed by atoms with Crippen molar-refractivity contribution in [2.24, 2.45) is 5.84 Å². The Hall–Kier alpha value is -2.41. The van der Waals surface area contributed by atoms with Crippen molar-refractivity contribution in [2.75, 3.05) is 29.7 Å².